The minimum Gasteiger partial charge on any atom is -0.508 e. The first-order chi connectivity index (χ1) is 9.29. The molecule has 0 aliphatic carbocycles. The molecule has 2 aromatic carbocycles. The first kappa shape index (κ1) is 13.3. The molecule has 0 saturated heterocycles. The number of aromatic hydroxyl groups is 1. The molecule has 0 spiro atoms. The van der Waals surface area contributed by atoms with Crippen LogP contribution in [0.4, 0.5) is 0 Å². The van der Waals surface area contributed by atoms with E-state index < -0.39 is 0 Å². The second-order valence-corrected chi connectivity index (χ2v) is 4.15. The number of benzene rings is 2. The summed E-state index contributed by atoms with van der Waals surface area (Å²) in [5.41, 5.74) is 1.81. The summed E-state index contributed by atoms with van der Waals surface area (Å²) in [5, 5.41) is 9.21. The van der Waals surface area contributed by atoms with Crippen LogP contribution in [0.2, 0.25) is 0 Å². The molecule has 1 N–H and O–H groups in total. The average Bonchev–Trinajstić information content (AvgIpc) is 2.45. The molecule has 0 atom stereocenters. The SMILES string of the molecule is Oc1ccc(COc2ccccc2C#CCCl)cc1. The molecule has 0 heterocycles. The lowest BCUT2D eigenvalue weighted by Crippen LogP contribution is -1.96. The van der Waals surface area contributed by atoms with Crippen molar-refractivity contribution in [3.63, 3.8) is 0 Å². The van der Waals surface area contributed by atoms with Crippen LogP contribution in [0.25, 0.3) is 0 Å². The Morgan fingerprint density at radius 2 is 1.79 bits per heavy atom. The Balaban J connectivity index is 2.09. The highest BCUT2D eigenvalue weighted by molar-refractivity contribution is 6.19. The fourth-order valence-electron chi connectivity index (χ4n) is 1.58. The Bertz CT molecular complexity index is 594. The third-order valence-electron chi connectivity index (χ3n) is 2.51. The molecule has 0 amide bonds. The predicted molar refractivity (Wildman–Crippen MR) is 76.5 cm³/mol. The van der Waals surface area contributed by atoms with Crippen molar-refractivity contribution in [2.45, 2.75) is 6.61 Å². The van der Waals surface area contributed by atoms with Crippen molar-refractivity contribution < 1.29 is 9.84 Å². The molecule has 0 aromatic heterocycles. The minimum absolute atomic E-state index is 0.247. The van der Waals surface area contributed by atoms with Crippen LogP contribution in [0, 0.1) is 11.8 Å². The van der Waals surface area contributed by atoms with Crippen LogP contribution in [0.3, 0.4) is 0 Å². The normalized spacial score (nSPS) is 9.53. The smallest absolute Gasteiger partial charge is 0.135 e. The van der Waals surface area contributed by atoms with Gasteiger partial charge in [0.1, 0.15) is 18.1 Å². The highest BCUT2D eigenvalue weighted by Gasteiger charge is 2.01. The number of rotatable bonds is 3. The van der Waals surface area contributed by atoms with Crippen LogP contribution < -0.4 is 4.74 Å². The van der Waals surface area contributed by atoms with E-state index in [9.17, 15) is 5.11 Å². The molecule has 0 unspecified atom stereocenters. The summed E-state index contributed by atoms with van der Waals surface area (Å²) in [5.74, 6) is 7.05. The lowest BCUT2D eigenvalue weighted by molar-refractivity contribution is 0.305. The Morgan fingerprint density at radius 1 is 1.05 bits per heavy atom. The highest BCUT2D eigenvalue weighted by atomic mass is 35.5. The van der Waals surface area contributed by atoms with E-state index in [0.717, 1.165) is 16.9 Å². The number of halogens is 1. The van der Waals surface area contributed by atoms with Gasteiger partial charge in [-0.1, -0.05) is 36.1 Å². The monoisotopic (exact) mass is 272 g/mol. The van der Waals surface area contributed by atoms with Crippen LogP contribution >= 0.6 is 11.6 Å². The number of hydrogen-bond acceptors (Lipinski definition) is 2. The van der Waals surface area contributed by atoms with Crippen LogP contribution in [0.15, 0.2) is 48.5 Å². The first-order valence-electron chi connectivity index (χ1n) is 5.84. The van der Waals surface area contributed by atoms with E-state index in [1.54, 1.807) is 12.1 Å². The quantitative estimate of drug-likeness (QED) is 0.684. The van der Waals surface area contributed by atoms with E-state index in [1.807, 2.05) is 36.4 Å². The van der Waals surface area contributed by atoms with Crippen molar-refractivity contribution in [1.29, 1.82) is 0 Å². The van der Waals surface area contributed by atoms with Crippen LogP contribution in [0.1, 0.15) is 11.1 Å². The summed E-state index contributed by atoms with van der Waals surface area (Å²) < 4.78 is 5.73. The Labute approximate surface area is 117 Å². The molecule has 2 nitrogen and oxygen atoms in total. The van der Waals surface area contributed by atoms with E-state index in [2.05, 4.69) is 11.8 Å². The topological polar surface area (TPSA) is 29.5 Å². The van der Waals surface area contributed by atoms with Crippen LogP contribution in [-0.4, -0.2) is 11.0 Å². The molecule has 2 aromatic rings. The molecule has 0 aliphatic heterocycles. The van der Waals surface area contributed by atoms with Gasteiger partial charge in [0.2, 0.25) is 0 Å². The zero-order chi connectivity index (χ0) is 13.5. The van der Waals surface area contributed by atoms with Gasteiger partial charge in [-0.25, -0.2) is 0 Å². The van der Waals surface area contributed by atoms with Gasteiger partial charge in [0.15, 0.2) is 0 Å². The van der Waals surface area contributed by atoms with Gasteiger partial charge in [0.05, 0.1) is 11.4 Å². The highest BCUT2D eigenvalue weighted by Crippen LogP contribution is 2.19. The molecule has 2 rings (SSSR count). The fourth-order valence-corrected chi connectivity index (χ4v) is 1.64. The number of para-hydroxylation sites is 1. The Kier molecular flexibility index (Phi) is 4.72. The summed E-state index contributed by atoms with van der Waals surface area (Å²) in [6, 6.07) is 14.5. The maximum absolute atomic E-state index is 9.21. The van der Waals surface area contributed by atoms with E-state index in [-0.39, 0.29) is 5.75 Å². The molecular formula is C16H13ClO2. The molecule has 0 fully saturated rings. The van der Waals surface area contributed by atoms with Crippen molar-refractivity contribution in [2.24, 2.45) is 0 Å². The van der Waals surface area contributed by atoms with Gasteiger partial charge in [-0.3, -0.25) is 0 Å². The first-order valence-corrected chi connectivity index (χ1v) is 6.37. The minimum atomic E-state index is 0.247. The predicted octanol–water partition coefficient (Wildman–Crippen LogP) is 3.56. The van der Waals surface area contributed by atoms with E-state index in [4.69, 9.17) is 16.3 Å². The standard InChI is InChI=1S/C16H13ClO2/c17-11-3-5-14-4-1-2-6-16(14)19-12-13-7-9-15(18)10-8-13/h1-2,4,6-10,18H,11-12H2. The summed E-state index contributed by atoms with van der Waals surface area (Å²) in [6.07, 6.45) is 0. The summed E-state index contributed by atoms with van der Waals surface area (Å²) in [6.45, 7) is 0.430. The molecule has 0 bridgehead atoms. The second kappa shape index (κ2) is 6.72. The molecule has 0 aliphatic rings. The average molecular weight is 273 g/mol. The molecule has 19 heavy (non-hydrogen) atoms. The van der Waals surface area contributed by atoms with Crippen molar-refractivity contribution in [1.82, 2.24) is 0 Å². The Morgan fingerprint density at radius 3 is 2.53 bits per heavy atom. The van der Waals surface area contributed by atoms with Gasteiger partial charge in [0.25, 0.3) is 0 Å². The number of phenols is 1. The van der Waals surface area contributed by atoms with Gasteiger partial charge < -0.3 is 9.84 Å². The van der Waals surface area contributed by atoms with Crippen LogP contribution in [0.5, 0.6) is 11.5 Å². The van der Waals surface area contributed by atoms with E-state index in [1.165, 1.54) is 0 Å². The van der Waals surface area contributed by atoms with E-state index >= 15 is 0 Å². The number of hydrogen-bond donors (Lipinski definition) is 1. The largest absolute Gasteiger partial charge is 0.508 e. The van der Waals surface area contributed by atoms with Gasteiger partial charge in [0, 0.05) is 0 Å². The van der Waals surface area contributed by atoms with Gasteiger partial charge in [-0.15, -0.1) is 11.6 Å². The van der Waals surface area contributed by atoms with Gasteiger partial charge in [-0.2, -0.15) is 0 Å². The second-order valence-electron chi connectivity index (χ2n) is 3.89. The lowest BCUT2D eigenvalue weighted by Gasteiger charge is -2.08. The number of ether oxygens (including phenoxy) is 1. The summed E-state index contributed by atoms with van der Waals surface area (Å²) in [7, 11) is 0. The third kappa shape index (κ3) is 3.94. The van der Waals surface area contributed by atoms with Gasteiger partial charge in [-0.05, 0) is 29.8 Å². The van der Waals surface area contributed by atoms with Crippen molar-refractivity contribution >= 4 is 11.6 Å². The third-order valence-corrected chi connectivity index (χ3v) is 2.64. The van der Waals surface area contributed by atoms with Gasteiger partial charge >= 0.3 is 0 Å². The number of phenolic OH excluding ortho intramolecular Hbond substituents is 1. The molecule has 3 heteroatoms. The summed E-state index contributed by atoms with van der Waals surface area (Å²) >= 11 is 5.55. The van der Waals surface area contributed by atoms with Crippen molar-refractivity contribution in [3.8, 4) is 23.3 Å². The van der Waals surface area contributed by atoms with Crippen LogP contribution in [-0.2, 0) is 6.61 Å². The fraction of sp³-hybridized carbons (Fsp3) is 0.125. The molecular weight excluding hydrogens is 260 g/mol. The molecule has 0 saturated carbocycles. The maximum Gasteiger partial charge on any atom is 0.135 e. The molecule has 96 valence electrons. The van der Waals surface area contributed by atoms with E-state index in [0.29, 0.717) is 12.5 Å². The lowest BCUT2D eigenvalue weighted by atomic mass is 10.2. The maximum atomic E-state index is 9.21. The van der Waals surface area contributed by atoms with Crippen molar-refractivity contribution in [3.05, 3.63) is 59.7 Å². The van der Waals surface area contributed by atoms with Crippen molar-refractivity contribution in [2.75, 3.05) is 5.88 Å². The zero-order valence-electron chi connectivity index (χ0n) is 10.3. The number of alkyl halides is 1. The summed E-state index contributed by atoms with van der Waals surface area (Å²) in [4.78, 5) is 0. The molecule has 0 radical (unpaired) electrons. The zero-order valence-corrected chi connectivity index (χ0v) is 11.0. The Hall–Kier alpha value is -2.11.